The molecule has 0 aromatic carbocycles. The van der Waals surface area contributed by atoms with Crippen molar-refractivity contribution >= 4 is 0 Å². The Kier molecular flexibility index (Phi) is 4.63. The first-order chi connectivity index (χ1) is 8.99. The molecule has 2 N–H and O–H groups in total. The molecule has 0 amide bonds. The molecule has 108 valence electrons. The summed E-state index contributed by atoms with van der Waals surface area (Å²) in [5.74, 6) is 0.614. The SMILES string of the molecule is Cc1nn(C)c(C)c1C(C)NCC1CCCC(O)C1. The summed E-state index contributed by atoms with van der Waals surface area (Å²) in [6, 6.07) is 0.327. The average molecular weight is 265 g/mol. The molecule has 2 rings (SSSR count). The van der Waals surface area contributed by atoms with Crippen LogP contribution in [0.5, 0.6) is 0 Å². The van der Waals surface area contributed by atoms with Crippen molar-refractivity contribution in [1.82, 2.24) is 15.1 Å². The Morgan fingerprint density at radius 2 is 2.16 bits per heavy atom. The number of aliphatic hydroxyl groups is 1. The van der Waals surface area contributed by atoms with Crippen molar-refractivity contribution in [2.45, 2.75) is 58.6 Å². The largest absolute Gasteiger partial charge is 0.393 e. The van der Waals surface area contributed by atoms with Crippen LogP contribution in [0.2, 0.25) is 0 Å². The molecule has 0 spiro atoms. The van der Waals surface area contributed by atoms with Crippen LogP contribution in [0.15, 0.2) is 0 Å². The summed E-state index contributed by atoms with van der Waals surface area (Å²) in [5, 5.41) is 17.8. The second-order valence-corrected chi connectivity index (χ2v) is 6.02. The van der Waals surface area contributed by atoms with Gasteiger partial charge in [0.05, 0.1) is 11.8 Å². The molecule has 4 nitrogen and oxygen atoms in total. The lowest BCUT2D eigenvalue weighted by atomic mass is 9.87. The topological polar surface area (TPSA) is 50.1 Å². The molecule has 3 atom stereocenters. The van der Waals surface area contributed by atoms with Gasteiger partial charge in [0, 0.05) is 24.3 Å². The molecule has 1 aromatic heterocycles. The zero-order valence-corrected chi connectivity index (χ0v) is 12.6. The third-order valence-corrected chi connectivity index (χ3v) is 4.47. The molecule has 1 saturated carbocycles. The maximum Gasteiger partial charge on any atom is 0.0644 e. The van der Waals surface area contributed by atoms with Crippen molar-refractivity contribution < 1.29 is 5.11 Å². The minimum Gasteiger partial charge on any atom is -0.393 e. The van der Waals surface area contributed by atoms with E-state index >= 15 is 0 Å². The molecule has 0 bridgehead atoms. The predicted molar refractivity (Wildman–Crippen MR) is 77.1 cm³/mol. The van der Waals surface area contributed by atoms with Crippen LogP contribution in [-0.4, -0.2) is 27.5 Å². The Morgan fingerprint density at radius 3 is 2.74 bits per heavy atom. The molecule has 1 aliphatic rings. The first kappa shape index (κ1) is 14.5. The van der Waals surface area contributed by atoms with Gasteiger partial charge in [0.2, 0.25) is 0 Å². The molecule has 1 aromatic rings. The van der Waals surface area contributed by atoms with Crippen molar-refractivity contribution in [3.8, 4) is 0 Å². The molecule has 0 radical (unpaired) electrons. The predicted octanol–water partition coefficient (Wildman–Crippen LogP) is 2.24. The van der Waals surface area contributed by atoms with Crippen LogP contribution >= 0.6 is 0 Å². The van der Waals surface area contributed by atoms with Crippen LogP contribution in [0.3, 0.4) is 0 Å². The van der Waals surface area contributed by atoms with E-state index in [2.05, 4.69) is 31.2 Å². The molecule has 0 saturated heterocycles. The minimum atomic E-state index is -0.0854. The number of nitrogens with one attached hydrogen (secondary N) is 1. The average Bonchev–Trinajstić information content (AvgIpc) is 2.61. The fourth-order valence-electron chi connectivity index (χ4n) is 3.31. The number of aliphatic hydroxyl groups excluding tert-OH is 1. The highest BCUT2D eigenvalue weighted by Gasteiger charge is 2.22. The van der Waals surface area contributed by atoms with E-state index in [1.54, 1.807) is 0 Å². The van der Waals surface area contributed by atoms with Gasteiger partial charge in [-0.3, -0.25) is 4.68 Å². The molecule has 1 aliphatic carbocycles. The molecule has 3 unspecified atom stereocenters. The monoisotopic (exact) mass is 265 g/mol. The van der Waals surface area contributed by atoms with E-state index in [1.807, 2.05) is 11.7 Å². The number of hydrogen-bond acceptors (Lipinski definition) is 3. The van der Waals surface area contributed by atoms with Crippen molar-refractivity contribution in [2.24, 2.45) is 13.0 Å². The first-order valence-electron chi connectivity index (χ1n) is 7.40. The third-order valence-electron chi connectivity index (χ3n) is 4.47. The lowest BCUT2D eigenvalue weighted by Crippen LogP contribution is -2.31. The molecule has 19 heavy (non-hydrogen) atoms. The van der Waals surface area contributed by atoms with Gasteiger partial charge in [0.1, 0.15) is 0 Å². The standard InChI is InChI=1S/C15H27N3O/c1-10(15-11(2)17-18(4)12(15)3)16-9-13-6-5-7-14(19)8-13/h10,13-14,16,19H,5-9H2,1-4H3. The number of nitrogens with zero attached hydrogens (tertiary/aromatic N) is 2. The Balaban J connectivity index is 1.92. The summed E-state index contributed by atoms with van der Waals surface area (Å²) in [7, 11) is 2.00. The van der Waals surface area contributed by atoms with Gasteiger partial charge in [-0.05, 0) is 52.5 Å². The maximum absolute atomic E-state index is 9.71. The summed E-state index contributed by atoms with van der Waals surface area (Å²) in [6.07, 6.45) is 4.24. The zero-order valence-electron chi connectivity index (χ0n) is 12.6. The fraction of sp³-hybridized carbons (Fsp3) is 0.800. The maximum atomic E-state index is 9.71. The van der Waals surface area contributed by atoms with Crippen LogP contribution in [0.25, 0.3) is 0 Å². The van der Waals surface area contributed by atoms with Gasteiger partial charge in [-0.15, -0.1) is 0 Å². The molecular weight excluding hydrogens is 238 g/mol. The van der Waals surface area contributed by atoms with Crippen LogP contribution < -0.4 is 5.32 Å². The normalized spacial score (nSPS) is 25.5. The second-order valence-electron chi connectivity index (χ2n) is 6.02. The van der Waals surface area contributed by atoms with E-state index in [1.165, 1.54) is 17.7 Å². The number of rotatable bonds is 4. The van der Waals surface area contributed by atoms with Gasteiger partial charge in [-0.25, -0.2) is 0 Å². The van der Waals surface area contributed by atoms with E-state index in [4.69, 9.17) is 0 Å². The van der Waals surface area contributed by atoms with Crippen LogP contribution in [-0.2, 0) is 7.05 Å². The van der Waals surface area contributed by atoms with Crippen molar-refractivity contribution in [3.05, 3.63) is 17.0 Å². The van der Waals surface area contributed by atoms with Gasteiger partial charge < -0.3 is 10.4 Å². The lowest BCUT2D eigenvalue weighted by Gasteiger charge is -2.27. The zero-order chi connectivity index (χ0) is 14.0. The summed E-state index contributed by atoms with van der Waals surface area (Å²) in [4.78, 5) is 0. The first-order valence-corrected chi connectivity index (χ1v) is 7.40. The Morgan fingerprint density at radius 1 is 1.42 bits per heavy atom. The van der Waals surface area contributed by atoms with Gasteiger partial charge in [0.25, 0.3) is 0 Å². The summed E-state index contributed by atoms with van der Waals surface area (Å²) in [5.41, 5.74) is 3.67. The van der Waals surface area contributed by atoms with E-state index in [9.17, 15) is 5.11 Å². The van der Waals surface area contributed by atoms with Gasteiger partial charge >= 0.3 is 0 Å². The van der Waals surface area contributed by atoms with Crippen molar-refractivity contribution in [3.63, 3.8) is 0 Å². The molecule has 0 aliphatic heterocycles. The lowest BCUT2D eigenvalue weighted by molar-refractivity contribution is 0.0998. The van der Waals surface area contributed by atoms with E-state index < -0.39 is 0 Å². The van der Waals surface area contributed by atoms with Gasteiger partial charge in [0.15, 0.2) is 0 Å². The number of aryl methyl sites for hydroxylation is 2. The Bertz CT molecular complexity index is 427. The van der Waals surface area contributed by atoms with E-state index in [0.29, 0.717) is 12.0 Å². The summed E-state index contributed by atoms with van der Waals surface area (Å²) in [6.45, 7) is 7.39. The highest BCUT2D eigenvalue weighted by atomic mass is 16.3. The van der Waals surface area contributed by atoms with Gasteiger partial charge in [-0.1, -0.05) is 6.42 Å². The van der Waals surface area contributed by atoms with Crippen molar-refractivity contribution in [1.29, 1.82) is 0 Å². The third kappa shape index (κ3) is 3.37. The second kappa shape index (κ2) is 6.06. The van der Waals surface area contributed by atoms with Gasteiger partial charge in [-0.2, -0.15) is 5.10 Å². The van der Waals surface area contributed by atoms with E-state index in [0.717, 1.165) is 31.5 Å². The van der Waals surface area contributed by atoms with Crippen LogP contribution in [0.1, 0.15) is 55.6 Å². The smallest absolute Gasteiger partial charge is 0.0644 e. The fourth-order valence-corrected chi connectivity index (χ4v) is 3.31. The molecule has 1 fully saturated rings. The Hall–Kier alpha value is -0.870. The Labute approximate surface area is 116 Å². The van der Waals surface area contributed by atoms with Crippen LogP contribution in [0.4, 0.5) is 0 Å². The number of aromatic nitrogens is 2. The van der Waals surface area contributed by atoms with Crippen LogP contribution in [0, 0.1) is 19.8 Å². The minimum absolute atomic E-state index is 0.0854. The summed E-state index contributed by atoms with van der Waals surface area (Å²) < 4.78 is 1.95. The summed E-state index contributed by atoms with van der Waals surface area (Å²) >= 11 is 0. The highest BCUT2D eigenvalue weighted by Crippen LogP contribution is 2.25. The molecule has 1 heterocycles. The highest BCUT2D eigenvalue weighted by molar-refractivity contribution is 5.27. The quantitative estimate of drug-likeness (QED) is 0.878. The van der Waals surface area contributed by atoms with Crippen molar-refractivity contribution in [2.75, 3.05) is 6.54 Å². The molecular formula is C15H27N3O. The number of hydrogen-bond donors (Lipinski definition) is 2. The van der Waals surface area contributed by atoms with E-state index in [-0.39, 0.29) is 6.10 Å². The molecule has 4 heteroatoms.